The maximum atomic E-state index is 8.49. The van der Waals surface area contributed by atoms with Gasteiger partial charge in [0.2, 0.25) is 0 Å². The van der Waals surface area contributed by atoms with Crippen LogP contribution in [0.3, 0.4) is 0 Å². The number of nitrogens with zero attached hydrogens (tertiary/aromatic N) is 1. The zero-order chi connectivity index (χ0) is 11.1. The second kappa shape index (κ2) is 6.28. The zero-order valence-electron chi connectivity index (χ0n) is 7.77. The van der Waals surface area contributed by atoms with Gasteiger partial charge in [-0.2, -0.15) is 0 Å². The molecule has 0 rings (SSSR count). The molecule has 0 fully saturated rings. The van der Waals surface area contributed by atoms with Crippen LogP contribution in [-0.4, -0.2) is 37.3 Å². The molecule has 0 saturated carbocycles. The predicted molar refractivity (Wildman–Crippen MR) is 34.3 cm³/mol. The van der Waals surface area contributed by atoms with Crippen molar-refractivity contribution in [1.29, 1.82) is 0 Å². The van der Waals surface area contributed by atoms with Crippen LogP contribution in [0.1, 0.15) is 0 Å². The first-order chi connectivity index (χ1) is 5.56. The Kier molecular flexibility index (Phi) is 7.37. The summed E-state index contributed by atoms with van der Waals surface area (Å²) in [6.07, 6.45) is 3.67. The highest BCUT2D eigenvalue weighted by molar-refractivity contribution is 4.70. The highest BCUT2D eigenvalue weighted by atomic mass is 35.7. The molecule has 7 heteroatoms. The molecule has 0 unspecified atom stereocenters. The highest BCUT2D eigenvalue weighted by Crippen LogP contribution is 1.89. The Morgan fingerprint density at radius 1 is 1.15 bits per heavy atom. The molecule has 0 aromatic carbocycles. The number of aliphatic hydroxyl groups excluding tert-OH is 1. The Labute approximate surface area is 79.3 Å². The van der Waals surface area contributed by atoms with E-state index < -0.39 is 10.2 Å². The number of hydrogen-bond acceptors (Lipinski definition) is 5. The van der Waals surface area contributed by atoms with Crippen LogP contribution in [0, 0.1) is 10.2 Å². The fraction of sp³-hybridized carbons (Fsp3) is 0.667. The Bertz CT molecular complexity index is 142. The molecule has 0 aliphatic carbocycles. The lowest BCUT2D eigenvalue weighted by Gasteiger charge is -2.17. The largest absolute Gasteiger partial charge is 0.392 e. The highest BCUT2D eigenvalue weighted by Gasteiger charge is 1.96. The summed E-state index contributed by atoms with van der Waals surface area (Å²) in [6, 6.07) is 0. The van der Waals surface area contributed by atoms with E-state index in [0.717, 1.165) is 4.48 Å². The summed E-state index contributed by atoms with van der Waals surface area (Å²) in [5.41, 5.74) is 0. The van der Waals surface area contributed by atoms with Crippen LogP contribution < -0.4 is 18.6 Å². The lowest BCUT2D eigenvalue weighted by molar-refractivity contribution is -2.00. The fourth-order valence-electron chi connectivity index (χ4n) is 0.363. The third kappa shape index (κ3) is 49.3. The number of rotatable bonds is 2. The van der Waals surface area contributed by atoms with E-state index in [1.807, 2.05) is 27.3 Å². The van der Waals surface area contributed by atoms with E-state index >= 15 is 0 Å². The van der Waals surface area contributed by atoms with Gasteiger partial charge in [0.15, 0.2) is 0 Å². The predicted octanol–water partition coefficient (Wildman–Crippen LogP) is -4.56. The summed E-state index contributed by atoms with van der Waals surface area (Å²) in [6.45, 7) is 0.134. The molecule has 0 saturated heterocycles. The van der Waals surface area contributed by atoms with Gasteiger partial charge in [-0.15, -0.1) is 10.2 Å². The summed E-state index contributed by atoms with van der Waals surface area (Å²) in [5, 5.41) is 8.33. The van der Waals surface area contributed by atoms with E-state index in [4.69, 9.17) is 23.7 Å². The maximum absolute atomic E-state index is 8.49. The van der Waals surface area contributed by atoms with Gasteiger partial charge in [0.05, 0.1) is 33.9 Å². The minimum atomic E-state index is -4.94. The molecule has 0 amide bonds. The van der Waals surface area contributed by atoms with Crippen LogP contribution in [0.2, 0.25) is 0 Å². The summed E-state index contributed by atoms with van der Waals surface area (Å²) < 4.78 is 34.7. The van der Waals surface area contributed by atoms with Crippen molar-refractivity contribution in [3.63, 3.8) is 0 Å². The van der Waals surface area contributed by atoms with E-state index in [1.54, 1.807) is 6.08 Å². The molecule has 0 atom stereocenters. The van der Waals surface area contributed by atoms with Crippen LogP contribution in [-0.2, 0) is 0 Å². The van der Waals surface area contributed by atoms with Crippen molar-refractivity contribution in [2.45, 2.75) is 0 Å². The maximum Gasteiger partial charge on any atom is 0.0934 e. The van der Waals surface area contributed by atoms with Gasteiger partial charge in [-0.25, -0.2) is 18.6 Å². The average Bonchev–Trinajstić information content (AvgIpc) is 1.77. The molecule has 0 heterocycles. The molecule has 0 aromatic heterocycles. The van der Waals surface area contributed by atoms with Gasteiger partial charge in [-0.3, -0.25) is 0 Å². The minimum Gasteiger partial charge on any atom is -0.392 e. The molecule has 0 aliphatic rings. The molecule has 0 bridgehead atoms. The quantitative estimate of drug-likeness (QED) is 0.466. The van der Waals surface area contributed by atoms with Crippen molar-refractivity contribution in [2.75, 3.05) is 27.7 Å². The van der Waals surface area contributed by atoms with Gasteiger partial charge in [-0.1, -0.05) is 0 Å². The van der Waals surface area contributed by atoms with Crippen molar-refractivity contribution in [3.05, 3.63) is 12.3 Å². The van der Waals surface area contributed by atoms with Gasteiger partial charge in [-0.05, 0) is 6.08 Å². The molecule has 0 aliphatic heterocycles. The van der Waals surface area contributed by atoms with E-state index in [0.29, 0.717) is 0 Å². The second-order valence-electron chi connectivity index (χ2n) is 3.06. The molecule has 80 valence electrons. The smallest absolute Gasteiger partial charge is 0.0934 e. The Morgan fingerprint density at radius 3 is 1.54 bits per heavy atom. The Balaban J connectivity index is 0. The third-order valence-corrected chi connectivity index (χ3v) is 0.658. The topological polar surface area (TPSA) is 112 Å². The van der Waals surface area contributed by atoms with E-state index in [2.05, 4.69) is 0 Å². The number of aliphatic hydroxyl groups is 1. The van der Waals surface area contributed by atoms with E-state index in [1.165, 1.54) is 0 Å². The first-order valence-electron chi connectivity index (χ1n) is 3.27. The lowest BCUT2D eigenvalue weighted by Crippen LogP contribution is -2.68. The average molecular weight is 216 g/mol. The van der Waals surface area contributed by atoms with Gasteiger partial charge in [0.25, 0.3) is 0 Å². The zero-order valence-corrected chi connectivity index (χ0v) is 8.52. The standard InChI is InChI=1S/C6H14NO.ClHO4/c1-7(2,3)5-4-6-8;2-1(3,4)5/h4-5,8H,6H2,1-3H3;(H,2,3,4,5)/q+1;/p-1/b5-4+;. The Morgan fingerprint density at radius 2 is 1.46 bits per heavy atom. The van der Waals surface area contributed by atoms with E-state index in [9.17, 15) is 0 Å². The van der Waals surface area contributed by atoms with Crippen LogP contribution >= 0.6 is 0 Å². The number of quaternary nitrogens is 1. The van der Waals surface area contributed by atoms with Crippen molar-refractivity contribution >= 4 is 0 Å². The van der Waals surface area contributed by atoms with E-state index in [-0.39, 0.29) is 6.61 Å². The van der Waals surface area contributed by atoms with Crippen molar-refractivity contribution in [3.8, 4) is 0 Å². The summed E-state index contributed by atoms with van der Waals surface area (Å²) >= 11 is 0. The molecule has 0 aromatic rings. The molecule has 0 radical (unpaired) electrons. The number of halogens is 1. The SMILES string of the molecule is C[N+](C)(C)/C=C/CO.[O-][Cl+3]([O-])([O-])[O-]. The second-order valence-corrected chi connectivity index (χ2v) is 3.82. The van der Waals surface area contributed by atoms with Crippen molar-refractivity contribution in [1.82, 2.24) is 0 Å². The molecule has 13 heavy (non-hydrogen) atoms. The summed E-state index contributed by atoms with van der Waals surface area (Å²) in [4.78, 5) is 0. The molecule has 1 N–H and O–H groups in total. The normalized spacial score (nSPS) is 12.6. The van der Waals surface area contributed by atoms with Crippen molar-refractivity contribution in [2.24, 2.45) is 0 Å². The molecular weight excluding hydrogens is 202 g/mol. The van der Waals surface area contributed by atoms with Crippen LogP contribution in [0.5, 0.6) is 0 Å². The summed E-state index contributed by atoms with van der Waals surface area (Å²) in [5.74, 6) is 0. The van der Waals surface area contributed by atoms with Gasteiger partial charge in [0, 0.05) is 0 Å². The van der Waals surface area contributed by atoms with Gasteiger partial charge >= 0.3 is 0 Å². The number of hydrogen-bond donors (Lipinski definition) is 1. The van der Waals surface area contributed by atoms with Crippen LogP contribution in [0.15, 0.2) is 12.3 Å². The van der Waals surface area contributed by atoms with Gasteiger partial charge < -0.3 is 9.59 Å². The van der Waals surface area contributed by atoms with Crippen LogP contribution in [0.25, 0.3) is 0 Å². The monoisotopic (exact) mass is 215 g/mol. The molecule has 6 nitrogen and oxygen atoms in total. The first kappa shape index (κ1) is 15.3. The van der Waals surface area contributed by atoms with Crippen molar-refractivity contribution < 1.29 is 38.5 Å². The third-order valence-electron chi connectivity index (χ3n) is 0.658. The summed E-state index contributed by atoms with van der Waals surface area (Å²) in [7, 11) is 1.16. The minimum absolute atomic E-state index is 0.134. The van der Waals surface area contributed by atoms with Gasteiger partial charge in [0.1, 0.15) is 0 Å². The van der Waals surface area contributed by atoms with Crippen LogP contribution in [0.4, 0.5) is 0 Å². The lowest BCUT2D eigenvalue weighted by atomic mass is 10.6. The molecule has 0 spiro atoms. The first-order valence-corrected chi connectivity index (χ1v) is 4.51. The molecular formula is C6H14ClNO5. The Hall–Kier alpha value is -0.210. The fourth-order valence-corrected chi connectivity index (χ4v) is 0.363.